The Morgan fingerprint density at radius 1 is 1.57 bits per heavy atom. The van der Waals surface area contributed by atoms with Gasteiger partial charge in [-0.05, 0) is 5.92 Å². The van der Waals surface area contributed by atoms with Crippen LogP contribution in [-0.4, -0.2) is 17.4 Å². The molecule has 0 aromatic rings. The van der Waals surface area contributed by atoms with Crippen molar-refractivity contribution in [3.05, 3.63) is 6.92 Å². The van der Waals surface area contributed by atoms with Gasteiger partial charge in [-0.2, -0.15) is 0 Å². The minimum absolute atomic E-state index is 0. The van der Waals surface area contributed by atoms with Gasteiger partial charge in [-0.3, -0.25) is 0 Å². The quantitative estimate of drug-likeness (QED) is 0.472. The molecule has 0 fully saturated rings. The first-order chi connectivity index (χ1) is 2.77. The first kappa shape index (κ1) is 10.5. The minimum atomic E-state index is 0. The minimum Gasteiger partial charge on any atom is -0.0654 e. The van der Waals surface area contributed by atoms with Crippen LogP contribution in [0.1, 0.15) is 26.7 Å². The molecule has 0 aliphatic carbocycles. The van der Waals surface area contributed by atoms with E-state index in [9.17, 15) is 0 Å². The van der Waals surface area contributed by atoms with Gasteiger partial charge in [0.05, 0.1) is 0 Å². The summed E-state index contributed by atoms with van der Waals surface area (Å²) in [5, 5.41) is 0. The average molecular weight is 115 g/mol. The van der Waals surface area contributed by atoms with Gasteiger partial charge >= 0.3 is 0 Å². The van der Waals surface area contributed by atoms with Crippen LogP contribution in [0.3, 0.4) is 0 Å². The normalized spacial score (nSPS) is 8.57. The largest absolute Gasteiger partial charge is 0.187 e. The lowest BCUT2D eigenvalue weighted by atomic mass is 10.1. The molecule has 0 saturated carbocycles. The van der Waals surface area contributed by atoms with Crippen LogP contribution in [0.4, 0.5) is 0 Å². The molecular weight excluding hydrogens is 99.0 g/mol. The van der Waals surface area contributed by atoms with Crippen LogP contribution in [0, 0.1) is 12.8 Å². The van der Waals surface area contributed by atoms with Gasteiger partial charge in [-0.1, -0.05) is 33.6 Å². The summed E-state index contributed by atoms with van der Waals surface area (Å²) in [6, 6.07) is 0. The molecule has 0 bridgehead atoms. The molecule has 43 valence electrons. The molecule has 1 unspecified atom stereocenters. The molecule has 7 heavy (non-hydrogen) atoms. The first-order valence-corrected chi connectivity index (χ1v) is 2.60. The van der Waals surface area contributed by atoms with Crippen molar-refractivity contribution in [1.29, 1.82) is 0 Å². The van der Waals surface area contributed by atoms with Crippen LogP contribution in [0.25, 0.3) is 0 Å². The molecule has 0 aromatic heterocycles. The SMILES string of the molecule is [AlH3].[CH2]C(C)CCC. The topological polar surface area (TPSA) is 0 Å². The Balaban J connectivity index is 0. The molecule has 0 heterocycles. The van der Waals surface area contributed by atoms with Crippen LogP contribution in [0.15, 0.2) is 0 Å². The third kappa shape index (κ3) is 10.8. The summed E-state index contributed by atoms with van der Waals surface area (Å²) in [6.07, 6.45) is 2.53. The Hall–Kier alpha value is 0.532. The summed E-state index contributed by atoms with van der Waals surface area (Å²) < 4.78 is 0. The van der Waals surface area contributed by atoms with E-state index in [2.05, 4.69) is 20.8 Å². The molecule has 0 aliphatic rings. The zero-order chi connectivity index (χ0) is 4.99. The van der Waals surface area contributed by atoms with E-state index in [0.717, 1.165) is 0 Å². The fraction of sp³-hybridized carbons (Fsp3) is 0.833. The summed E-state index contributed by atoms with van der Waals surface area (Å²) in [7, 11) is 0. The van der Waals surface area contributed by atoms with Crippen LogP contribution < -0.4 is 0 Å². The second-order valence-electron chi connectivity index (χ2n) is 1.89. The summed E-state index contributed by atoms with van der Waals surface area (Å²) in [5.41, 5.74) is 0. The summed E-state index contributed by atoms with van der Waals surface area (Å²) in [6.45, 7) is 8.15. The zero-order valence-corrected chi connectivity index (χ0v) is 4.70. The predicted octanol–water partition coefficient (Wildman–Crippen LogP) is 1.07. The van der Waals surface area contributed by atoms with E-state index in [1.807, 2.05) is 0 Å². The van der Waals surface area contributed by atoms with E-state index in [1.54, 1.807) is 0 Å². The fourth-order valence-corrected chi connectivity index (χ4v) is 0.493. The fourth-order valence-electron chi connectivity index (χ4n) is 0.493. The summed E-state index contributed by atoms with van der Waals surface area (Å²) in [5.74, 6) is 0.648. The van der Waals surface area contributed by atoms with Crippen LogP contribution in [-0.2, 0) is 0 Å². The highest BCUT2D eigenvalue weighted by Crippen LogP contribution is 1.99. The monoisotopic (exact) mass is 115 g/mol. The van der Waals surface area contributed by atoms with Crippen molar-refractivity contribution in [1.82, 2.24) is 0 Å². The van der Waals surface area contributed by atoms with Crippen molar-refractivity contribution < 1.29 is 0 Å². The third-order valence-electron chi connectivity index (χ3n) is 0.781. The maximum Gasteiger partial charge on any atom is 0.187 e. The van der Waals surface area contributed by atoms with Gasteiger partial charge in [-0.15, -0.1) is 0 Å². The van der Waals surface area contributed by atoms with E-state index in [0.29, 0.717) is 5.92 Å². The Morgan fingerprint density at radius 2 is 2.00 bits per heavy atom. The molecule has 0 N–H and O–H groups in total. The Labute approximate surface area is 57.4 Å². The molecule has 1 atom stereocenters. The predicted molar refractivity (Wildman–Crippen MR) is 39.4 cm³/mol. The Bertz CT molecular complexity index is 25.4. The molecule has 0 rings (SSSR count). The van der Waals surface area contributed by atoms with Crippen molar-refractivity contribution in [2.24, 2.45) is 5.92 Å². The van der Waals surface area contributed by atoms with E-state index < -0.39 is 0 Å². The molecule has 1 radical (unpaired) electrons. The maximum absolute atomic E-state index is 3.83. The average Bonchev–Trinajstić information content (AvgIpc) is 1.35. The molecule has 1 heteroatoms. The molecule has 0 spiro atoms. The van der Waals surface area contributed by atoms with E-state index >= 15 is 0 Å². The Kier molecular flexibility index (Phi) is 9.80. The van der Waals surface area contributed by atoms with Crippen LogP contribution >= 0.6 is 0 Å². The number of hydrogen-bond acceptors (Lipinski definition) is 0. The van der Waals surface area contributed by atoms with Crippen molar-refractivity contribution in [2.75, 3.05) is 0 Å². The highest BCUT2D eigenvalue weighted by Gasteiger charge is 1.85. The van der Waals surface area contributed by atoms with Gasteiger partial charge in [-0.25, -0.2) is 0 Å². The van der Waals surface area contributed by atoms with Gasteiger partial charge in [0.2, 0.25) is 0 Å². The van der Waals surface area contributed by atoms with Crippen molar-refractivity contribution in [3.8, 4) is 0 Å². The molecule has 0 aliphatic heterocycles. The van der Waals surface area contributed by atoms with E-state index in [4.69, 9.17) is 0 Å². The van der Waals surface area contributed by atoms with Gasteiger partial charge in [0.15, 0.2) is 17.4 Å². The highest BCUT2D eigenvalue weighted by atomic mass is 27.0. The highest BCUT2D eigenvalue weighted by molar-refractivity contribution is 5.75. The van der Waals surface area contributed by atoms with E-state index in [-0.39, 0.29) is 17.4 Å². The molecule has 0 aromatic carbocycles. The molecule has 0 amide bonds. The summed E-state index contributed by atoms with van der Waals surface area (Å²) >= 11 is 0. The van der Waals surface area contributed by atoms with Gasteiger partial charge in [0.25, 0.3) is 0 Å². The number of hydrogen-bond donors (Lipinski definition) is 0. The van der Waals surface area contributed by atoms with Crippen molar-refractivity contribution in [3.63, 3.8) is 0 Å². The smallest absolute Gasteiger partial charge is 0.0654 e. The van der Waals surface area contributed by atoms with E-state index in [1.165, 1.54) is 12.8 Å². The Morgan fingerprint density at radius 3 is 2.00 bits per heavy atom. The third-order valence-corrected chi connectivity index (χ3v) is 0.781. The van der Waals surface area contributed by atoms with Crippen molar-refractivity contribution >= 4 is 17.4 Å². The van der Waals surface area contributed by atoms with Gasteiger partial charge in [0, 0.05) is 0 Å². The van der Waals surface area contributed by atoms with Crippen molar-refractivity contribution in [2.45, 2.75) is 26.7 Å². The molecular formula is C6H16Al. The second-order valence-corrected chi connectivity index (χ2v) is 1.89. The van der Waals surface area contributed by atoms with Gasteiger partial charge < -0.3 is 0 Å². The second kappa shape index (κ2) is 6.53. The maximum atomic E-state index is 3.83. The van der Waals surface area contributed by atoms with Crippen LogP contribution in [0.2, 0.25) is 0 Å². The standard InChI is InChI=1S/C6H13.Al.3H/c1-4-5-6(2)3;;;;/h6H,2,4-5H2,1,3H3;;;;. The van der Waals surface area contributed by atoms with Gasteiger partial charge in [0.1, 0.15) is 0 Å². The summed E-state index contributed by atoms with van der Waals surface area (Å²) in [4.78, 5) is 0. The lowest BCUT2D eigenvalue weighted by molar-refractivity contribution is 0.630. The zero-order valence-electron chi connectivity index (χ0n) is 4.70. The van der Waals surface area contributed by atoms with Crippen LogP contribution in [0.5, 0.6) is 0 Å². The first-order valence-electron chi connectivity index (χ1n) is 2.60. The lowest BCUT2D eigenvalue weighted by Crippen LogP contribution is -1.82. The number of rotatable bonds is 2. The lowest BCUT2D eigenvalue weighted by Gasteiger charge is -1.95. The molecule has 0 saturated heterocycles. The molecule has 0 nitrogen and oxygen atoms in total.